The summed E-state index contributed by atoms with van der Waals surface area (Å²) in [5.74, 6) is 0.572. The van der Waals surface area contributed by atoms with Crippen molar-refractivity contribution in [1.82, 2.24) is 10.2 Å². The smallest absolute Gasteiger partial charge is 0.0531 e. The first kappa shape index (κ1) is 10.2. The van der Waals surface area contributed by atoms with E-state index in [0.717, 1.165) is 6.42 Å². The average Bonchev–Trinajstić information content (AvgIpc) is 2.05. The van der Waals surface area contributed by atoms with E-state index >= 15 is 0 Å². The predicted octanol–water partition coefficient (Wildman–Crippen LogP) is 3.02. The van der Waals surface area contributed by atoms with Gasteiger partial charge in [-0.1, -0.05) is 27.7 Å². The van der Waals surface area contributed by atoms with Crippen LogP contribution in [0.25, 0.3) is 0 Å². The monoisotopic (exact) mass is 178 g/mol. The maximum Gasteiger partial charge on any atom is 0.0531 e. The molecule has 2 nitrogen and oxygen atoms in total. The molecular weight excluding hydrogens is 160 g/mol. The van der Waals surface area contributed by atoms with Crippen LogP contribution in [-0.2, 0) is 0 Å². The highest BCUT2D eigenvalue weighted by Crippen LogP contribution is 2.36. The van der Waals surface area contributed by atoms with E-state index in [-0.39, 0.29) is 0 Å². The van der Waals surface area contributed by atoms with Gasteiger partial charge >= 0.3 is 0 Å². The standard InChI is InChI=1S/C11H18N2/c1-5-10(11(2,3)4)9-6-7-12-13-8-9/h6-8,10H,5H2,1-4H3. The van der Waals surface area contributed by atoms with Crippen LogP contribution in [0.2, 0.25) is 0 Å². The third kappa shape index (κ3) is 2.51. The third-order valence-electron chi connectivity index (χ3n) is 2.46. The minimum absolute atomic E-state index is 0.303. The molecular formula is C11H18N2. The number of nitrogens with zero attached hydrogens (tertiary/aromatic N) is 2. The molecule has 0 saturated heterocycles. The van der Waals surface area contributed by atoms with Crippen molar-refractivity contribution in [3.63, 3.8) is 0 Å². The Morgan fingerprint density at radius 1 is 1.31 bits per heavy atom. The summed E-state index contributed by atoms with van der Waals surface area (Å²) in [4.78, 5) is 0. The lowest BCUT2D eigenvalue weighted by Gasteiger charge is -2.29. The van der Waals surface area contributed by atoms with Gasteiger partial charge in [0.15, 0.2) is 0 Å². The maximum absolute atomic E-state index is 3.92. The maximum atomic E-state index is 3.92. The van der Waals surface area contributed by atoms with E-state index in [0.29, 0.717) is 11.3 Å². The zero-order chi connectivity index (χ0) is 9.90. The van der Waals surface area contributed by atoms with Crippen LogP contribution in [0, 0.1) is 5.41 Å². The SMILES string of the molecule is CCC(c1ccnnc1)C(C)(C)C. The van der Waals surface area contributed by atoms with Crippen LogP contribution in [0.3, 0.4) is 0 Å². The number of hydrogen-bond donors (Lipinski definition) is 0. The lowest BCUT2D eigenvalue weighted by atomic mass is 9.76. The van der Waals surface area contributed by atoms with Crippen molar-refractivity contribution in [1.29, 1.82) is 0 Å². The molecule has 0 aliphatic carbocycles. The summed E-state index contributed by atoms with van der Waals surface area (Å²) < 4.78 is 0. The van der Waals surface area contributed by atoms with Gasteiger partial charge in [-0.05, 0) is 29.4 Å². The first-order valence-corrected chi connectivity index (χ1v) is 4.82. The number of aromatic nitrogens is 2. The molecule has 0 spiro atoms. The summed E-state index contributed by atoms with van der Waals surface area (Å²) in [5, 5.41) is 7.71. The molecule has 0 bridgehead atoms. The molecule has 0 aliphatic rings. The number of rotatable bonds is 2. The van der Waals surface area contributed by atoms with Crippen molar-refractivity contribution >= 4 is 0 Å². The van der Waals surface area contributed by atoms with Crippen LogP contribution >= 0.6 is 0 Å². The van der Waals surface area contributed by atoms with Crippen molar-refractivity contribution in [2.75, 3.05) is 0 Å². The fourth-order valence-corrected chi connectivity index (χ4v) is 1.86. The molecule has 1 aromatic rings. The molecule has 13 heavy (non-hydrogen) atoms. The Bertz CT molecular complexity index is 249. The highest BCUT2D eigenvalue weighted by Gasteiger charge is 2.24. The topological polar surface area (TPSA) is 25.8 Å². The first-order valence-electron chi connectivity index (χ1n) is 4.82. The Labute approximate surface area is 80.4 Å². The molecule has 0 saturated carbocycles. The van der Waals surface area contributed by atoms with Crippen molar-refractivity contribution in [2.24, 2.45) is 5.41 Å². The van der Waals surface area contributed by atoms with Crippen LogP contribution in [0.1, 0.15) is 45.6 Å². The molecule has 0 aliphatic heterocycles. The van der Waals surface area contributed by atoms with Gasteiger partial charge in [-0.3, -0.25) is 0 Å². The van der Waals surface area contributed by atoms with Crippen molar-refractivity contribution in [2.45, 2.75) is 40.0 Å². The van der Waals surface area contributed by atoms with E-state index in [2.05, 4.69) is 44.0 Å². The van der Waals surface area contributed by atoms with E-state index in [9.17, 15) is 0 Å². The van der Waals surface area contributed by atoms with Crippen molar-refractivity contribution in [3.8, 4) is 0 Å². The molecule has 0 amide bonds. The van der Waals surface area contributed by atoms with Gasteiger partial charge in [0.05, 0.1) is 6.20 Å². The zero-order valence-corrected chi connectivity index (χ0v) is 8.91. The van der Waals surface area contributed by atoms with Gasteiger partial charge in [-0.2, -0.15) is 10.2 Å². The van der Waals surface area contributed by atoms with Crippen LogP contribution in [0.5, 0.6) is 0 Å². The lowest BCUT2D eigenvalue weighted by molar-refractivity contribution is 0.311. The van der Waals surface area contributed by atoms with Gasteiger partial charge < -0.3 is 0 Å². The van der Waals surface area contributed by atoms with Crippen LogP contribution in [-0.4, -0.2) is 10.2 Å². The quantitative estimate of drug-likeness (QED) is 0.695. The molecule has 0 N–H and O–H groups in total. The summed E-state index contributed by atoms with van der Waals surface area (Å²) in [6.07, 6.45) is 4.79. The molecule has 0 radical (unpaired) electrons. The van der Waals surface area contributed by atoms with Gasteiger partial charge in [0.2, 0.25) is 0 Å². The summed E-state index contributed by atoms with van der Waals surface area (Å²) in [6, 6.07) is 2.06. The van der Waals surface area contributed by atoms with Gasteiger partial charge in [0.1, 0.15) is 0 Å². The molecule has 1 aromatic heterocycles. The van der Waals surface area contributed by atoms with Gasteiger partial charge in [0.25, 0.3) is 0 Å². The van der Waals surface area contributed by atoms with Gasteiger partial charge in [-0.25, -0.2) is 0 Å². The summed E-state index contributed by atoms with van der Waals surface area (Å²) >= 11 is 0. The minimum Gasteiger partial charge on any atom is -0.159 e. The number of hydrogen-bond acceptors (Lipinski definition) is 2. The van der Waals surface area contributed by atoms with Crippen LogP contribution in [0.4, 0.5) is 0 Å². The fraction of sp³-hybridized carbons (Fsp3) is 0.636. The molecule has 2 heteroatoms. The fourth-order valence-electron chi connectivity index (χ4n) is 1.86. The zero-order valence-electron chi connectivity index (χ0n) is 8.91. The Morgan fingerprint density at radius 3 is 2.38 bits per heavy atom. The highest BCUT2D eigenvalue weighted by molar-refractivity contribution is 5.14. The minimum atomic E-state index is 0.303. The van der Waals surface area contributed by atoms with Crippen LogP contribution in [0.15, 0.2) is 18.5 Å². The van der Waals surface area contributed by atoms with E-state index < -0.39 is 0 Å². The van der Waals surface area contributed by atoms with E-state index in [1.165, 1.54) is 5.56 Å². The molecule has 72 valence electrons. The van der Waals surface area contributed by atoms with E-state index in [1.807, 2.05) is 6.20 Å². The van der Waals surface area contributed by atoms with E-state index in [4.69, 9.17) is 0 Å². The normalized spacial score (nSPS) is 14.2. The third-order valence-corrected chi connectivity index (χ3v) is 2.46. The molecule has 1 rings (SSSR count). The highest BCUT2D eigenvalue weighted by atomic mass is 15.1. The second kappa shape index (κ2) is 3.86. The second-order valence-corrected chi connectivity index (χ2v) is 4.50. The molecule has 1 atom stereocenters. The molecule has 0 aromatic carbocycles. The summed E-state index contributed by atoms with van der Waals surface area (Å²) in [6.45, 7) is 9.02. The van der Waals surface area contributed by atoms with Crippen molar-refractivity contribution in [3.05, 3.63) is 24.0 Å². The van der Waals surface area contributed by atoms with E-state index in [1.54, 1.807) is 6.20 Å². The molecule has 0 fully saturated rings. The molecule has 1 heterocycles. The van der Waals surface area contributed by atoms with Crippen LogP contribution < -0.4 is 0 Å². The van der Waals surface area contributed by atoms with Crippen molar-refractivity contribution < 1.29 is 0 Å². The Hall–Kier alpha value is -0.920. The largest absolute Gasteiger partial charge is 0.159 e. The molecule has 1 unspecified atom stereocenters. The lowest BCUT2D eigenvalue weighted by Crippen LogP contribution is -2.17. The predicted molar refractivity (Wildman–Crippen MR) is 54.5 cm³/mol. The summed E-state index contributed by atoms with van der Waals surface area (Å²) in [5.41, 5.74) is 1.60. The first-order chi connectivity index (χ1) is 6.05. The Balaban J connectivity index is 2.92. The Morgan fingerprint density at radius 2 is 2.00 bits per heavy atom. The van der Waals surface area contributed by atoms with Gasteiger partial charge in [-0.15, -0.1) is 0 Å². The second-order valence-electron chi connectivity index (χ2n) is 4.50. The Kier molecular flexibility index (Phi) is 3.02. The van der Waals surface area contributed by atoms with Gasteiger partial charge in [0, 0.05) is 6.20 Å². The summed E-state index contributed by atoms with van der Waals surface area (Å²) in [7, 11) is 0. The average molecular weight is 178 g/mol.